The Labute approximate surface area is 122 Å². The first-order valence-electron chi connectivity index (χ1n) is 7.69. The summed E-state index contributed by atoms with van der Waals surface area (Å²) in [5.74, 6) is 0. The molecule has 0 aromatic rings. The highest BCUT2D eigenvalue weighted by Crippen LogP contribution is 2.09. The first-order chi connectivity index (χ1) is 9.36. The molecule has 4 nitrogen and oxygen atoms in total. The summed E-state index contributed by atoms with van der Waals surface area (Å²) < 4.78 is 5.35. The van der Waals surface area contributed by atoms with Gasteiger partial charge in [-0.1, -0.05) is 12.8 Å². The Kier molecular flexibility index (Phi) is 6.88. The van der Waals surface area contributed by atoms with Crippen molar-refractivity contribution in [2.75, 3.05) is 52.5 Å². The number of rotatable bonds is 4. The SMILES string of the molecule is S=C(NCCCN1CCOCC1)N1CCCCCC1. The fourth-order valence-electron chi connectivity index (χ4n) is 2.71. The highest BCUT2D eigenvalue weighted by atomic mass is 32.1. The fourth-order valence-corrected chi connectivity index (χ4v) is 2.99. The molecule has 2 aliphatic heterocycles. The van der Waals surface area contributed by atoms with Gasteiger partial charge >= 0.3 is 0 Å². The van der Waals surface area contributed by atoms with Crippen LogP contribution in [0.2, 0.25) is 0 Å². The van der Waals surface area contributed by atoms with Gasteiger partial charge in [-0.25, -0.2) is 0 Å². The second kappa shape index (κ2) is 8.72. The number of hydrogen-bond donors (Lipinski definition) is 1. The third-order valence-corrected chi connectivity index (χ3v) is 4.33. The molecule has 2 saturated heterocycles. The molecule has 2 heterocycles. The van der Waals surface area contributed by atoms with Crippen molar-refractivity contribution < 1.29 is 4.74 Å². The summed E-state index contributed by atoms with van der Waals surface area (Å²) in [4.78, 5) is 4.82. The topological polar surface area (TPSA) is 27.7 Å². The van der Waals surface area contributed by atoms with Crippen molar-refractivity contribution in [1.29, 1.82) is 0 Å². The molecule has 0 spiro atoms. The quantitative estimate of drug-likeness (QED) is 0.623. The molecule has 0 aromatic heterocycles. The zero-order valence-electron chi connectivity index (χ0n) is 11.9. The Morgan fingerprint density at radius 1 is 1.00 bits per heavy atom. The number of nitrogens with one attached hydrogen (secondary N) is 1. The normalized spacial score (nSPS) is 22.0. The predicted molar refractivity (Wildman–Crippen MR) is 82.5 cm³/mol. The molecule has 110 valence electrons. The summed E-state index contributed by atoms with van der Waals surface area (Å²) in [6, 6.07) is 0. The van der Waals surface area contributed by atoms with Crippen LogP contribution in [0, 0.1) is 0 Å². The van der Waals surface area contributed by atoms with Crippen LogP contribution in [0.1, 0.15) is 32.1 Å². The van der Waals surface area contributed by atoms with Crippen LogP contribution in [0.25, 0.3) is 0 Å². The van der Waals surface area contributed by atoms with Crippen LogP contribution in [0.3, 0.4) is 0 Å². The molecule has 1 N–H and O–H groups in total. The van der Waals surface area contributed by atoms with Crippen molar-refractivity contribution in [3.63, 3.8) is 0 Å². The lowest BCUT2D eigenvalue weighted by Crippen LogP contribution is -2.42. The first kappa shape index (κ1) is 15.0. The molecule has 0 aliphatic carbocycles. The van der Waals surface area contributed by atoms with Gasteiger partial charge in [-0.05, 0) is 38.0 Å². The number of thiocarbonyl (C=S) groups is 1. The third kappa shape index (κ3) is 5.63. The molecule has 0 bridgehead atoms. The summed E-state index contributed by atoms with van der Waals surface area (Å²) in [6.45, 7) is 8.35. The molecule has 2 aliphatic rings. The van der Waals surface area contributed by atoms with Crippen molar-refractivity contribution in [1.82, 2.24) is 15.1 Å². The van der Waals surface area contributed by atoms with Gasteiger partial charge in [0.25, 0.3) is 0 Å². The minimum atomic E-state index is 0.889. The molecular formula is C14H27N3OS. The van der Waals surface area contributed by atoms with Crippen LogP contribution in [0.15, 0.2) is 0 Å². The van der Waals surface area contributed by atoms with E-state index in [-0.39, 0.29) is 0 Å². The lowest BCUT2D eigenvalue weighted by Gasteiger charge is -2.27. The largest absolute Gasteiger partial charge is 0.379 e. The van der Waals surface area contributed by atoms with Crippen LogP contribution < -0.4 is 5.32 Å². The van der Waals surface area contributed by atoms with E-state index in [1.165, 1.54) is 25.7 Å². The van der Waals surface area contributed by atoms with E-state index in [4.69, 9.17) is 17.0 Å². The maximum atomic E-state index is 5.49. The summed E-state index contributed by atoms with van der Waals surface area (Å²) in [6.07, 6.45) is 6.45. The Balaban J connectivity index is 1.55. The maximum absolute atomic E-state index is 5.49. The monoisotopic (exact) mass is 285 g/mol. The average molecular weight is 285 g/mol. The molecule has 0 unspecified atom stereocenters. The fraction of sp³-hybridized carbons (Fsp3) is 0.929. The van der Waals surface area contributed by atoms with E-state index in [9.17, 15) is 0 Å². The minimum absolute atomic E-state index is 0.889. The first-order valence-corrected chi connectivity index (χ1v) is 8.10. The molecule has 0 atom stereocenters. The number of nitrogens with zero attached hydrogens (tertiary/aromatic N) is 2. The van der Waals surface area contributed by atoms with E-state index in [1.54, 1.807) is 0 Å². The number of morpholine rings is 1. The van der Waals surface area contributed by atoms with Crippen LogP contribution in [-0.4, -0.2) is 67.4 Å². The Morgan fingerprint density at radius 2 is 1.68 bits per heavy atom. The van der Waals surface area contributed by atoms with Gasteiger partial charge in [-0.15, -0.1) is 0 Å². The van der Waals surface area contributed by atoms with Gasteiger partial charge in [0.1, 0.15) is 0 Å². The zero-order chi connectivity index (χ0) is 13.3. The Hall–Kier alpha value is -0.390. The molecule has 2 rings (SSSR count). The smallest absolute Gasteiger partial charge is 0.168 e. The summed E-state index contributed by atoms with van der Waals surface area (Å²) in [7, 11) is 0. The van der Waals surface area contributed by atoms with E-state index < -0.39 is 0 Å². The van der Waals surface area contributed by atoms with Crippen LogP contribution in [0.4, 0.5) is 0 Å². The van der Waals surface area contributed by atoms with Gasteiger partial charge in [0, 0.05) is 32.7 Å². The molecule has 0 amide bonds. The molecule has 5 heteroatoms. The number of hydrogen-bond acceptors (Lipinski definition) is 3. The van der Waals surface area contributed by atoms with Crippen molar-refractivity contribution >= 4 is 17.3 Å². The summed E-state index contributed by atoms with van der Waals surface area (Å²) in [5, 5.41) is 4.38. The van der Waals surface area contributed by atoms with Gasteiger partial charge in [-0.2, -0.15) is 0 Å². The summed E-state index contributed by atoms with van der Waals surface area (Å²) in [5.41, 5.74) is 0. The van der Waals surface area contributed by atoms with Crippen LogP contribution in [0.5, 0.6) is 0 Å². The van der Waals surface area contributed by atoms with Crippen molar-refractivity contribution in [2.24, 2.45) is 0 Å². The van der Waals surface area contributed by atoms with Crippen molar-refractivity contribution in [2.45, 2.75) is 32.1 Å². The Bertz CT molecular complexity index is 261. The molecule has 0 saturated carbocycles. The molecular weight excluding hydrogens is 258 g/mol. The highest BCUT2D eigenvalue weighted by molar-refractivity contribution is 7.80. The standard InChI is InChI=1S/C14H27N3OS/c19-14(17-8-3-1-2-4-9-17)15-6-5-7-16-10-12-18-13-11-16/h1-13H2,(H,15,19). The van der Waals surface area contributed by atoms with Gasteiger partial charge in [0.2, 0.25) is 0 Å². The number of ether oxygens (including phenoxy) is 1. The van der Waals surface area contributed by atoms with Gasteiger partial charge in [0.05, 0.1) is 13.2 Å². The van der Waals surface area contributed by atoms with Crippen LogP contribution in [-0.2, 0) is 4.74 Å². The van der Waals surface area contributed by atoms with E-state index in [0.29, 0.717) is 0 Å². The second-order valence-electron chi connectivity index (χ2n) is 5.44. The molecule has 0 radical (unpaired) electrons. The summed E-state index contributed by atoms with van der Waals surface area (Å²) >= 11 is 5.49. The van der Waals surface area contributed by atoms with E-state index in [2.05, 4.69) is 15.1 Å². The van der Waals surface area contributed by atoms with Crippen molar-refractivity contribution in [3.05, 3.63) is 0 Å². The van der Waals surface area contributed by atoms with Gasteiger partial charge in [-0.3, -0.25) is 4.90 Å². The average Bonchev–Trinajstić information content (AvgIpc) is 2.73. The second-order valence-corrected chi connectivity index (χ2v) is 5.83. The highest BCUT2D eigenvalue weighted by Gasteiger charge is 2.12. The zero-order valence-corrected chi connectivity index (χ0v) is 12.7. The van der Waals surface area contributed by atoms with E-state index in [1.807, 2.05) is 0 Å². The Morgan fingerprint density at radius 3 is 2.37 bits per heavy atom. The lowest BCUT2D eigenvalue weighted by atomic mass is 10.2. The minimum Gasteiger partial charge on any atom is -0.379 e. The van der Waals surface area contributed by atoms with Crippen molar-refractivity contribution in [3.8, 4) is 0 Å². The van der Waals surface area contributed by atoms with E-state index in [0.717, 1.165) is 64.0 Å². The molecule has 0 aromatic carbocycles. The molecule has 2 fully saturated rings. The maximum Gasteiger partial charge on any atom is 0.168 e. The third-order valence-electron chi connectivity index (χ3n) is 3.92. The van der Waals surface area contributed by atoms with E-state index >= 15 is 0 Å². The number of likely N-dealkylation sites (tertiary alicyclic amines) is 1. The lowest BCUT2D eigenvalue weighted by molar-refractivity contribution is 0.0376. The predicted octanol–water partition coefficient (Wildman–Crippen LogP) is 1.46. The van der Waals surface area contributed by atoms with Gasteiger partial charge < -0.3 is 15.0 Å². The van der Waals surface area contributed by atoms with Gasteiger partial charge in [0.15, 0.2) is 5.11 Å². The molecule has 19 heavy (non-hydrogen) atoms. The van der Waals surface area contributed by atoms with Crippen LogP contribution >= 0.6 is 12.2 Å².